The summed E-state index contributed by atoms with van der Waals surface area (Å²) in [5.41, 5.74) is 0.349. The molecule has 7 nitrogen and oxygen atoms in total. The summed E-state index contributed by atoms with van der Waals surface area (Å²) in [6, 6.07) is 3.79. The van der Waals surface area contributed by atoms with Gasteiger partial charge in [0.2, 0.25) is 0 Å². The summed E-state index contributed by atoms with van der Waals surface area (Å²) in [6.45, 7) is 3.98. The topological polar surface area (TPSA) is 96.9 Å². The summed E-state index contributed by atoms with van der Waals surface area (Å²) in [5.74, 6) is -0.546. The molecule has 0 aliphatic carbocycles. The number of nitrogens with zero attached hydrogens (tertiary/aromatic N) is 1. The van der Waals surface area contributed by atoms with E-state index in [-0.39, 0.29) is 23.3 Å². The number of hydrogen-bond donors (Lipinski definition) is 1. The van der Waals surface area contributed by atoms with Crippen LogP contribution in [0.3, 0.4) is 0 Å². The molecule has 1 unspecified atom stereocenters. The average molecular weight is 308 g/mol. The number of quaternary nitrogens is 1. The number of nitrogens with one attached hydrogen (secondary N) is 1. The van der Waals surface area contributed by atoms with Crippen LogP contribution in [0.2, 0.25) is 0 Å². The zero-order valence-corrected chi connectivity index (χ0v) is 12.5. The maximum absolute atomic E-state index is 11.9. The average Bonchev–Trinajstić information content (AvgIpc) is 2.50. The molecule has 120 valence electrons. The quantitative estimate of drug-likeness (QED) is 0.470. The molecule has 1 aromatic carbocycles. The van der Waals surface area contributed by atoms with Gasteiger partial charge in [-0.15, -0.1) is 0 Å². The van der Waals surface area contributed by atoms with E-state index in [1.807, 2.05) is 0 Å². The maximum atomic E-state index is 11.9. The Morgan fingerprint density at radius 3 is 2.95 bits per heavy atom. The highest BCUT2D eigenvalue weighted by molar-refractivity contribution is 5.72. The molecule has 22 heavy (non-hydrogen) atoms. The zero-order valence-electron chi connectivity index (χ0n) is 12.5. The third kappa shape index (κ3) is 3.94. The highest BCUT2D eigenvalue weighted by atomic mass is 16.6. The number of nitro groups is 1. The Bertz CT molecular complexity index is 561. The van der Waals surface area contributed by atoms with Gasteiger partial charge >= 0.3 is 5.97 Å². The van der Waals surface area contributed by atoms with Crippen LogP contribution < -0.4 is 10.0 Å². The Morgan fingerprint density at radius 1 is 1.50 bits per heavy atom. The molecule has 2 rings (SSSR count). The minimum absolute atomic E-state index is 0.0760. The van der Waals surface area contributed by atoms with Crippen molar-refractivity contribution in [3.8, 4) is 5.75 Å². The molecule has 0 amide bonds. The number of likely N-dealkylation sites (tertiary alicyclic amines) is 1. The third-order valence-corrected chi connectivity index (χ3v) is 3.93. The fraction of sp³-hybridized carbons (Fsp3) is 0.533. The van der Waals surface area contributed by atoms with E-state index in [2.05, 4.69) is 0 Å². The number of esters is 1. The summed E-state index contributed by atoms with van der Waals surface area (Å²) in [6.07, 6.45) is 1.67. The van der Waals surface area contributed by atoms with Crippen LogP contribution in [-0.2, 0) is 16.1 Å². The molecule has 1 aliphatic rings. The lowest BCUT2D eigenvalue weighted by molar-refractivity contribution is -0.921. The monoisotopic (exact) mass is 308 g/mol. The predicted molar refractivity (Wildman–Crippen MR) is 76.3 cm³/mol. The molecule has 1 aliphatic heterocycles. The summed E-state index contributed by atoms with van der Waals surface area (Å²) < 4.78 is 5.05. The van der Waals surface area contributed by atoms with Gasteiger partial charge < -0.3 is 14.7 Å². The van der Waals surface area contributed by atoms with Crippen molar-refractivity contribution < 1.29 is 24.5 Å². The molecule has 1 fully saturated rings. The Labute approximate surface area is 128 Å². The van der Waals surface area contributed by atoms with E-state index in [0.29, 0.717) is 25.3 Å². The van der Waals surface area contributed by atoms with Gasteiger partial charge in [0.25, 0.3) is 5.69 Å². The largest absolute Gasteiger partial charge is 0.872 e. The van der Waals surface area contributed by atoms with E-state index < -0.39 is 4.92 Å². The van der Waals surface area contributed by atoms with E-state index in [0.717, 1.165) is 24.3 Å². The standard InChI is InChI=1S/C15H20N2O5/c1-2-22-15(19)11-4-3-7-16(9-11)10-12-8-13(17(20)21)5-6-14(12)18/h5-6,8,11,18H,2-4,7,9-10H2,1H3/t11-/m0/s1. The van der Waals surface area contributed by atoms with E-state index in [4.69, 9.17) is 4.74 Å². The van der Waals surface area contributed by atoms with Crippen LogP contribution in [0.25, 0.3) is 0 Å². The van der Waals surface area contributed by atoms with Crippen molar-refractivity contribution in [1.29, 1.82) is 0 Å². The fourth-order valence-electron chi connectivity index (χ4n) is 2.86. The molecule has 1 N–H and O–H groups in total. The van der Waals surface area contributed by atoms with Crippen LogP contribution in [0.4, 0.5) is 5.69 Å². The van der Waals surface area contributed by atoms with Gasteiger partial charge in [0.1, 0.15) is 12.5 Å². The molecule has 1 aromatic rings. The van der Waals surface area contributed by atoms with Crippen LogP contribution in [0.1, 0.15) is 25.3 Å². The number of nitro benzene ring substituents is 1. The highest BCUT2D eigenvalue weighted by Crippen LogP contribution is 2.20. The minimum Gasteiger partial charge on any atom is -0.872 e. The molecule has 0 radical (unpaired) electrons. The Balaban J connectivity index is 2.05. The first-order valence-electron chi connectivity index (χ1n) is 7.45. The van der Waals surface area contributed by atoms with Gasteiger partial charge in [-0.3, -0.25) is 14.9 Å². The van der Waals surface area contributed by atoms with E-state index >= 15 is 0 Å². The second kappa shape index (κ2) is 7.22. The number of ether oxygens (including phenoxy) is 1. The molecule has 1 saturated heterocycles. The Hall–Kier alpha value is -2.15. The van der Waals surface area contributed by atoms with Crippen molar-refractivity contribution in [3.05, 3.63) is 33.9 Å². The van der Waals surface area contributed by atoms with Crippen molar-refractivity contribution in [3.63, 3.8) is 0 Å². The van der Waals surface area contributed by atoms with E-state index in [9.17, 15) is 20.0 Å². The Kier molecular flexibility index (Phi) is 5.32. The number of carbonyl (C=O) groups is 1. The van der Waals surface area contributed by atoms with Crippen molar-refractivity contribution in [2.24, 2.45) is 5.92 Å². The highest BCUT2D eigenvalue weighted by Gasteiger charge is 2.29. The zero-order chi connectivity index (χ0) is 16.1. The van der Waals surface area contributed by atoms with Gasteiger partial charge in [-0.05, 0) is 19.8 Å². The van der Waals surface area contributed by atoms with Gasteiger partial charge in [0, 0.05) is 17.7 Å². The second-order valence-corrected chi connectivity index (χ2v) is 5.52. The van der Waals surface area contributed by atoms with Crippen molar-refractivity contribution in [2.45, 2.75) is 26.3 Å². The lowest BCUT2D eigenvalue weighted by Crippen LogP contribution is -3.12. The molecular formula is C15H20N2O5. The van der Waals surface area contributed by atoms with Crippen LogP contribution in [-0.4, -0.2) is 30.6 Å². The predicted octanol–water partition coefficient (Wildman–Crippen LogP) is 0.0264. The van der Waals surface area contributed by atoms with Gasteiger partial charge in [0.15, 0.2) is 0 Å². The fourth-order valence-corrected chi connectivity index (χ4v) is 2.86. The summed E-state index contributed by atoms with van der Waals surface area (Å²) in [7, 11) is 0. The van der Waals surface area contributed by atoms with Crippen LogP contribution in [0, 0.1) is 16.0 Å². The van der Waals surface area contributed by atoms with Gasteiger partial charge in [0.05, 0.1) is 24.6 Å². The number of piperidine rings is 1. The smallest absolute Gasteiger partial charge is 0.314 e. The summed E-state index contributed by atoms with van der Waals surface area (Å²) in [4.78, 5) is 23.2. The van der Waals surface area contributed by atoms with E-state index in [1.54, 1.807) is 6.92 Å². The lowest BCUT2D eigenvalue weighted by Gasteiger charge is -2.29. The summed E-state index contributed by atoms with van der Waals surface area (Å²) >= 11 is 0. The van der Waals surface area contributed by atoms with Gasteiger partial charge in [-0.2, -0.15) is 0 Å². The van der Waals surface area contributed by atoms with Crippen LogP contribution in [0.15, 0.2) is 18.2 Å². The molecule has 7 heteroatoms. The van der Waals surface area contributed by atoms with Gasteiger partial charge in [-0.25, -0.2) is 0 Å². The molecular weight excluding hydrogens is 288 g/mol. The lowest BCUT2D eigenvalue weighted by atomic mass is 9.97. The van der Waals surface area contributed by atoms with Crippen molar-refractivity contribution >= 4 is 11.7 Å². The normalized spacial score (nSPS) is 21.3. The van der Waals surface area contributed by atoms with Crippen LogP contribution >= 0.6 is 0 Å². The van der Waals surface area contributed by atoms with E-state index in [1.165, 1.54) is 18.2 Å². The molecule has 0 saturated carbocycles. The minimum atomic E-state index is -0.504. The molecule has 0 bridgehead atoms. The maximum Gasteiger partial charge on any atom is 0.314 e. The number of hydrogen-bond acceptors (Lipinski definition) is 5. The van der Waals surface area contributed by atoms with Crippen molar-refractivity contribution in [1.82, 2.24) is 0 Å². The number of rotatable bonds is 5. The first-order valence-corrected chi connectivity index (χ1v) is 7.45. The second-order valence-electron chi connectivity index (χ2n) is 5.52. The number of carbonyl (C=O) groups excluding carboxylic acids is 1. The molecule has 1 heterocycles. The Morgan fingerprint density at radius 2 is 2.27 bits per heavy atom. The molecule has 2 atom stereocenters. The first kappa shape index (κ1) is 16.2. The molecule has 0 spiro atoms. The summed E-state index contributed by atoms with van der Waals surface area (Å²) in [5, 5.41) is 22.7. The van der Waals surface area contributed by atoms with Crippen LogP contribution in [0.5, 0.6) is 5.75 Å². The first-order chi connectivity index (χ1) is 10.5. The third-order valence-electron chi connectivity index (χ3n) is 3.93. The molecule has 0 aromatic heterocycles. The number of benzene rings is 1. The van der Waals surface area contributed by atoms with Gasteiger partial charge in [-0.1, -0.05) is 11.8 Å². The van der Waals surface area contributed by atoms with Crippen molar-refractivity contribution in [2.75, 3.05) is 19.7 Å². The number of non-ortho nitro benzene ring substituents is 1. The SMILES string of the molecule is CCOC(=O)[C@H]1CCC[NH+](Cc2cc([N+](=O)[O-])ccc2[O-])C1.